The number of hydrogen-bond acceptors (Lipinski definition) is 5. The highest BCUT2D eigenvalue weighted by Crippen LogP contribution is 2.34. The van der Waals surface area contributed by atoms with Gasteiger partial charge in [0.15, 0.2) is 5.11 Å². The monoisotopic (exact) mass is 343 g/mol. The van der Waals surface area contributed by atoms with Crippen LogP contribution in [0.15, 0.2) is 24.3 Å². The van der Waals surface area contributed by atoms with Crippen LogP contribution < -0.4 is 16.2 Å². The Kier molecular flexibility index (Phi) is 4.94. The number of amides is 2. The predicted octanol–water partition coefficient (Wildman–Crippen LogP) is 2.43. The van der Waals surface area contributed by atoms with Gasteiger partial charge in [-0.15, -0.1) is 11.3 Å². The van der Waals surface area contributed by atoms with E-state index in [9.17, 15) is 9.59 Å². The lowest BCUT2D eigenvalue weighted by Crippen LogP contribution is -2.48. The number of carbonyl (C=O) groups is 2. The summed E-state index contributed by atoms with van der Waals surface area (Å²) in [4.78, 5) is 23.3. The van der Waals surface area contributed by atoms with Gasteiger partial charge in [0.25, 0.3) is 5.91 Å². The van der Waals surface area contributed by atoms with Gasteiger partial charge in [-0.05, 0) is 18.3 Å². The number of thiophene rings is 1. The lowest BCUT2D eigenvalue weighted by Gasteiger charge is -2.09. The molecule has 0 bridgehead atoms. The second-order valence-corrected chi connectivity index (χ2v) is 5.60. The molecule has 0 fully saturated rings. The highest BCUT2D eigenvalue weighted by atomic mass is 35.5. The number of benzene rings is 1. The quantitative estimate of drug-likeness (QED) is 0.547. The van der Waals surface area contributed by atoms with Crippen LogP contribution in [0.1, 0.15) is 9.67 Å². The summed E-state index contributed by atoms with van der Waals surface area (Å²) in [5.41, 5.74) is 4.46. The van der Waals surface area contributed by atoms with Gasteiger partial charge in [0.05, 0.1) is 12.1 Å². The van der Waals surface area contributed by atoms with Crippen molar-refractivity contribution in [3.63, 3.8) is 0 Å². The van der Waals surface area contributed by atoms with Crippen LogP contribution in [0.5, 0.6) is 0 Å². The van der Waals surface area contributed by atoms with Gasteiger partial charge in [-0.3, -0.25) is 15.5 Å². The molecule has 3 N–H and O–H groups in total. The molecule has 0 radical (unpaired) electrons. The molecule has 0 unspecified atom stereocenters. The Balaban J connectivity index is 2.07. The lowest BCUT2D eigenvalue weighted by atomic mass is 10.2. The molecule has 1 heterocycles. The summed E-state index contributed by atoms with van der Waals surface area (Å²) in [6.07, 6.45) is -0.730. The van der Waals surface area contributed by atoms with Crippen molar-refractivity contribution in [1.82, 2.24) is 16.2 Å². The van der Waals surface area contributed by atoms with E-state index in [1.807, 2.05) is 24.3 Å². The molecule has 9 heteroatoms. The number of methoxy groups -OCH3 is 1. The smallest absolute Gasteiger partial charge is 0.425 e. The Morgan fingerprint density at radius 1 is 1.29 bits per heavy atom. The summed E-state index contributed by atoms with van der Waals surface area (Å²) in [7, 11) is 1.20. The number of carbonyl (C=O) groups excluding carboxylic acids is 2. The third-order valence-electron chi connectivity index (χ3n) is 2.43. The molecule has 21 heavy (non-hydrogen) atoms. The van der Waals surface area contributed by atoms with Crippen molar-refractivity contribution in [3.05, 3.63) is 34.2 Å². The average Bonchev–Trinajstić information content (AvgIpc) is 2.82. The van der Waals surface area contributed by atoms with Crippen LogP contribution in [0.25, 0.3) is 10.1 Å². The van der Waals surface area contributed by atoms with Crippen molar-refractivity contribution in [1.29, 1.82) is 0 Å². The van der Waals surface area contributed by atoms with E-state index in [2.05, 4.69) is 20.9 Å². The van der Waals surface area contributed by atoms with E-state index in [4.69, 9.17) is 23.8 Å². The molecule has 0 aliphatic rings. The standard InChI is InChI=1S/C12H10ClN3O3S2/c1-19-12(18)16-15-11(20)14-10(17)9-8(13)6-4-2-3-5-7(6)21-9/h2-5H,1H3,(H,16,18)(H2,14,15,17,20). The molecule has 0 saturated heterocycles. The van der Waals surface area contributed by atoms with Gasteiger partial charge < -0.3 is 4.74 Å². The summed E-state index contributed by atoms with van der Waals surface area (Å²) in [5, 5.41) is 3.52. The first-order valence-electron chi connectivity index (χ1n) is 5.65. The van der Waals surface area contributed by atoms with Crippen LogP contribution in [0, 0.1) is 0 Å². The normalized spacial score (nSPS) is 10.0. The fourth-order valence-electron chi connectivity index (χ4n) is 1.51. The Morgan fingerprint density at radius 3 is 2.67 bits per heavy atom. The lowest BCUT2D eigenvalue weighted by molar-refractivity contribution is 0.0980. The Bertz CT molecular complexity index is 717. The third-order valence-corrected chi connectivity index (χ3v) is 4.31. The van der Waals surface area contributed by atoms with Crippen molar-refractivity contribution >= 4 is 62.4 Å². The molecule has 0 aliphatic heterocycles. The summed E-state index contributed by atoms with van der Waals surface area (Å²) < 4.78 is 5.25. The van der Waals surface area contributed by atoms with Crippen LogP contribution >= 0.6 is 35.2 Å². The second-order valence-electron chi connectivity index (χ2n) is 3.77. The minimum atomic E-state index is -0.730. The maximum atomic E-state index is 12.1. The number of ether oxygens (including phenoxy) is 1. The van der Waals surface area contributed by atoms with Crippen LogP contribution in [0.4, 0.5) is 4.79 Å². The van der Waals surface area contributed by atoms with Gasteiger partial charge in [0.1, 0.15) is 4.88 Å². The maximum Gasteiger partial charge on any atom is 0.425 e. The molecule has 1 aromatic heterocycles. The topological polar surface area (TPSA) is 79.5 Å². The Hall–Kier alpha value is -1.90. The van der Waals surface area contributed by atoms with Gasteiger partial charge in [0, 0.05) is 10.1 Å². The van der Waals surface area contributed by atoms with E-state index in [0.29, 0.717) is 9.90 Å². The molecular formula is C12H10ClN3O3S2. The fourth-order valence-corrected chi connectivity index (χ4v) is 3.07. The van der Waals surface area contributed by atoms with Gasteiger partial charge in [-0.2, -0.15) is 0 Å². The first-order chi connectivity index (χ1) is 10.0. The molecule has 2 amide bonds. The first kappa shape index (κ1) is 15.5. The van der Waals surface area contributed by atoms with E-state index < -0.39 is 12.0 Å². The van der Waals surface area contributed by atoms with Crippen molar-refractivity contribution in [2.45, 2.75) is 0 Å². The van der Waals surface area contributed by atoms with Crippen LogP contribution in [-0.2, 0) is 4.74 Å². The fraction of sp³-hybridized carbons (Fsp3) is 0.0833. The largest absolute Gasteiger partial charge is 0.452 e. The SMILES string of the molecule is COC(=O)NNC(=S)NC(=O)c1sc2ccccc2c1Cl. The van der Waals surface area contributed by atoms with Crippen molar-refractivity contribution in [2.75, 3.05) is 7.11 Å². The Labute approximate surface area is 134 Å². The van der Waals surface area contributed by atoms with E-state index in [1.165, 1.54) is 18.4 Å². The van der Waals surface area contributed by atoms with Crippen LogP contribution in [0.2, 0.25) is 5.02 Å². The van der Waals surface area contributed by atoms with Gasteiger partial charge in [-0.1, -0.05) is 29.8 Å². The Morgan fingerprint density at radius 2 is 2.00 bits per heavy atom. The molecule has 110 valence electrons. The van der Waals surface area contributed by atoms with E-state index in [-0.39, 0.29) is 5.11 Å². The molecule has 0 aliphatic carbocycles. The van der Waals surface area contributed by atoms with Crippen molar-refractivity contribution < 1.29 is 14.3 Å². The number of hydrogen-bond donors (Lipinski definition) is 3. The second kappa shape index (κ2) is 6.70. The van der Waals surface area contributed by atoms with Crippen LogP contribution in [0.3, 0.4) is 0 Å². The highest BCUT2D eigenvalue weighted by Gasteiger charge is 2.17. The number of nitrogens with one attached hydrogen (secondary N) is 3. The average molecular weight is 344 g/mol. The highest BCUT2D eigenvalue weighted by molar-refractivity contribution is 7.80. The zero-order chi connectivity index (χ0) is 15.4. The number of rotatable bonds is 1. The number of halogens is 1. The molecule has 0 saturated carbocycles. The zero-order valence-corrected chi connectivity index (χ0v) is 13.1. The van der Waals surface area contributed by atoms with Crippen molar-refractivity contribution in [3.8, 4) is 0 Å². The number of fused-ring (bicyclic) bond motifs is 1. The molecule has 1 aromatic carbocycles. The molecule has 6 nitrogen and oxygen atoms in total. The van der Waals surface area contributed by atoms with Gasteiger partial charge >= 0.3 is 6.09 Å². The van der Waals surface area contributed by atoms with Gasteiger partial charge in [0.2, 0.25) is 0 Å². The third kappa shape index (κ3) is 3.60. The van der Waals surface area contributed by atoms with E-state index in [0.717, 1.165) is 10.1 Å². The molecule has 2 rings (SSSR count). The summed E-state index contributed by atoms with van der Waals surface area (Å²) in [5.74, 6) is -0.453. The number of thiocarbonyl (C=S) groups is 1. The molecular weight excluding hydrogens is 334 g/mol. The minimum Gasteiger partial charge on any atom is -0.452 e. The zero-order valence-electron chi connectivity index (χ0n) is 10.7. The van der Waals surface area contributed by atoms with E-state index in [1.54, 1.807) is 0 Å². The summed E-state index contributed by atoms with van der Waals surface area (Å²) in [6.45, 7) is 0. The molecule has 0 atom stereocenters. The minimum absolute atomic E-state index is 0.0704. The van der Waals surface area contributed by atoms with E-state index >= 15 is 0 Å². The van der Waals surface area contributed by atoms with Crippen molar-refractivity contribution in [2.24, 2.45) is 0 Å². The molecule has 2 aromatic rings. The number of hydrazine groups is 1. The molecule has 0 spiro atoms. The first-order valence-corrected chi connectivity index (χ1v) is 7.25. The van der Waals surface area contributed by atoms with Crippen LogP contribution in [-0.4, -0.2) is 24.2 Å². The maximum absolute atomic E-state index is 12.1. The predicted molar refractivity (Wildman–Crippen MR) is 85.6 cm³/mol. The summed E-state index contributed by atoms with van der Waals surface area (Å²) >= 11 is 12.3. The van der Waals surface area contributed by atoms with Gasteiger partial charge in [-0.25, -0.2) is 10.2 Å². The summed E-state index contributed by atoms with van der Waals surface area (Å²) in [6, 6.07) is 7.41.